The highest BCUT2D eigenvalue weighted by Crippen LogP contribution is 2.27. The van der Waals surface area contributed by atoms with Gasteiger partial charge in [0.1, 0.15) is 0 Å². The first-order valence-corrected chi connectivity index (χ1v) is 5.52. The van der Waals surface area contributed by atoms with E-state index >= 15 is 0 Å². The van der Waals surface area contributed by atoms with E-state index in [0.717, 1.165) is 18.7 Å². The standard InChI is InChI=1S/C12H14N4/c1-8-6-13-4-2-9(8)11-12-10(3-5-14-11)15-7-16-12/h2,4,6-7,11,14H,3,5H2,1H3,(H,15,16). The summed E-state index contributed by atoms with van der Waals surface area (Å²) in [7, 11) is 0. The van der Waals surface area contributed by atoms with Gasteiger partial charge in [-0.3, -0.25) is 4.98 Å². The lowest BCUT2D eigenvalue weighted by molar-refractivity contribution is 0.551. The van der Waals surface area contributed by atoms with Crippen molar-refractivity contribution < 1.29 is 0 Å². The van der Waals surface area contributed by atoms with Gasteiger partial charge in [-0.05, 0) is 24.1 Å². The molecule has 0 saturated carbocycles. The van der Waals surface area contributed by atoms with Crippen LogP contribution >= 0.6 is 0 Å². The van der Waals surface area contributed by atoms with E-state index in [4.69, 9.17) is 0 Å². The van der Waals surface area contributed by atoms with Gasteiger partial charge in [-0.25, -0.2) is 4.98 Å². The minimum Gasteiger partial charge on any atom is -0.348 e. The minimum absolute atomic E-state index is 0.206. The van der Waals surface area contributed by atoms with E-state index in [-0.39, 0.29) is 6.04 Å². The number of nitrogens with one attached hydrogen (secondary N) is 2. The molecule has 0 aliphatic carbocycles. The fraction of sp³-hybridized carbons (Fsp3) is 0.333. The van der Waals surface area contributed by atoms with E-state index in [0.29, 0.717) is 0 Å². The molecule has 1 aliphatic heterocycles. The number of hydrogen-bond donors (Lipinski definition) is 2. The van der Waals surface area contributed by atoms with Gasteiger partial charge in [0.15, 0.2) is 0 Å². The van der Waals surface area contributed by atoms with E-state index in [1.165, 1.54) is 16.8 Å². The lowest BCUT2D eigenvalue weighted by Crippen LogP contribution is -2.31. The Balaban J connectivity index is 2.08. The summed E-state index contributed by atoms with van der Waals surface area (Å²) in [6.45, 7) is 3.08. The summed E-state index contributed by atoms with van der Waals surface area (Å²) in [4.78, 5) is 11.8. The monoisotopic (exact) mass is 214 g/mol. The molecule has 3 heterocycles. The number of aromatic nitrogens is 3. The molecule has 0 amide bonds. The number of imidazole rings is 1. The molecule has 1 atom stereocenters. The molecule has 4 nitrogen and oxygen atoms in total. The molecular weight excluding hydrogens is 200 g/mol. The van der Waals surface area contributed by atoms with E-state index in [9.17, 15) is 0 Å². The minimum atomic E-state index is 0.206. The van der Waals surface area contributed by atoms with Crippen LogP contribution in [0.15, 0.2) is 24.8 Å². The molecule has 2 aromatic heterocycles. The van der Waals surface area contributed by atoms with Crippen LogP contribution in [0.2, 0.25) is 0 Å². The van der Waals surface area contributed by atoms with Gasteiger partial charge in [-0.1, -0.05) is 0 Å². The normalized spacial score (nSPS) is 19.4. The zero-order valence-electron chi connectivity index (χ0n) is 9.20. The maximum absolute atomic E-state index is 4.42. The number of fused-ring (bicyclic) bond motifs is 1. The molecule has 0 spiro atoms. The third kappa shape index (κ3) is 1.42. The Labute approximate surface area is 94.1 Å². The quantitative estimate of drug-likeness (QED) is 0.753. The third-order valence-corrected chi connectivity index (χ3v) is 3.12. The highest BCUT2D eigenvalue weighted by molar-refractivity contribution is 5.35. The number of nitrogens with zero attached hydrogens (tertiary/aromatic N) is 2. The van der Waals surface area contributed by atoms with Crippen molar-refractivity contribution in [1.82, 2.24) is 20.3 Å². The second-order valence-electron chi connectivity index (χ2n) is 4.14. The molecular formula is C12H14N4. The SMILES string of the molecule is Cc1cnccc1C1NCCc2[nH]cnc21. The predicted molar refractivity (Wildman–Crippen MR) is 61.1 cm³/mol. The highest BCUT2D eigenvalue weighted by atomic mass is 15.0. The zero-order chi connectivity index (χ0) is 11.0. The van der Waals surface area contributed by atoms with E-state index < -0.39 is 0 Å². The number of H-pyrrole nitrogens is 1. The van der Waals surface area contributed by atoms with Crippen molar-refractivity contribution in [3.63, 3.8) is 0 Å². The first kappa shape index (κ1) is 9.54. The number of rotatable bonds is 1. The van der Waals surface area contributed by atoms with Gasteiger partial charge in [-0.15, -0.1) is 0 Å². The molecule has 1 aliphatic rings. The Morgan fingerprint density at radius 3 is 3.25 bits per heavy atom. The maximum atomic E-state index is 4.42. The van der Waals surface area contributed by atoms with Crippen molar-refractivity contribution in [3.05, 3.63) is 47.3 Å². The third-order valence-electron chi connectivity index (χ3n) is 3.12. The summed E-state index contributed by atoms with van der Waals surface area (Å²) in [6, 6.07) is 2.27. The van der Waals surface area contributed by atoms with Crippen LogP contribution in [0, 0.1) is 6.92 Å². The van der Waals surface area contributed by atoms with Crippen molar-refractivity contribution in [2.75, 3.05) is 6.54 Å². The highest BCUT2D eigenvalue weighted by Gasteiger charge is 2.24. The second-order valence-corrected chi connectivity index (χ2v) is 4.14. The van der Waals surface area contributed by atoms with Gasteiger partial charge in [0.25, 0.3) is 0 Å². The number of aryl methyl sites for hydroxylation is 1. The van der Waals surface area contributed by atoms with Gasteiger partial charge < -0.3 is 10.3 Å². The van der Waals surface area contributed by atoms with Gasteiger partial charge in [0.05, 0.1) is 18.1 Å². The summed E-state index contributed by atoms with van der Waals surface area (Å²) in [5.74, 6) is 0. The predicted octanol–water partition coefficient (Wildman–Crippen LogP) is 1.35. The second kappa shape index (κ2) is 3.72. The van der Waals surface area contributed by atoms with Crippen LogP contribution < -0.4 is 5.32 Å². The first-order valence-electron chi connectivity index (χ1n) is 5.52. The Morgan fingerprint density at radius 1 is 1.44 bits per heavy atom. The average Bonchev–Trinajstić information content (AvgIpc) is 2.77. The molecule has 0 aromatic carbocycles. The lowest BCUT2D eigenvalue weighted by atomic mass is 9.96. The average molecular weight is 214 g/mol. The molecule has 0 saturated heterocycles. The van der Waals surface area contributed by atoms with Crippen molar-refractivity contribution >= 4 is 0 Å². The molecule has 16 heavy (non-hydrogen) atoms. The molecule has 3 rings (SSSR count). The van der Waals surface area contributed by atoms with Crippen LogP contribution in [-0.4, -0.2) is 21.5 Å². The van der Waals surface area contributed by atoms with Crippen LogP contribution in [0.1, 0.15) is 28.6 Å². The summed E-state index contributed by atoms with van der Waals surface area (Å²) in [5, 5.41) is 3.51. The van der Waals surface area contributed by atoms with E-state index in [2.05, 4.69) is 33.3 Å². The smallest absolute Gasteiger partial charge is 0.0926 e. The molecule has 1 unspecified atom stereocenters. The van der Waals surface area contributed by atoms with Gasteiger partial charge >= 0.3 is 0 Å². The topological polar surface area (TPSA) is 53.6 Å². The van der Waals surface area contributed by atoms with Gasteiger partial charge in [0, 0.05) is 31.1 Å². The van der Waals surface area contributed by atoms with Crippen LogP contribution in [0.3, 0.4) is 0 Å². The molecule has 2 aromatic rings. The molecule has 2 N–H and O–H groups in total. The molecule has 0 radical (unpaired) electrons. The summed E-state index contributed by atoms with van der Waals surface area (Å²) < 4.78 is 0. The van der Waals surface area contributed by atoms with E-state index in [1.807, 2.05) is 12.4 Å². The Morgan fingerprint density at radius 2 is 2.38 bits per heavy atom. The van der Waals surface area contributed by atoms with Crippen molar-refractivity contribution in [2.45, 2.75) is 19.4 Å². The molecule has 82 valence electrons. The Kier molecular flexibility index (Phi) is 2.22. The Bertz CT molecular complexity index is 503. The summed E-state index contributed by atoms with van der Waals surface area (Å²) >= 11 is 0. The van der Waals surface area contributed by atoms with Crippen LogP contribution in [-0.2, 0) is 6.42 Å². The summed E-state index contributed by atoms with van der Waals surface area (Å²) in [6.07, 6.45) is 6.54. The number of hydrogen-bond acceptors (Lipinski definition) is 3. The maximum Gasteiger partial charge on any atom is 0.0926 e. The molecule has 0 bridgehead atoms. The van der Waals surface area contributed by atoms with E-state index in [1.54, 1.807) is 6.33 Å². The fourth-order valence-electron chi connectivity index (χ4n) is 2.28. The van der Waals surface area contributed by atoms with Crippen molar-refractivity contribution in [1.29, 1.82) is 0 Å². The number of aromatic amines is 1. The molecule has 4 heteroatoms. The van der Waals surface area contributed by atoms with Crippen molar-refractivity contribution in [3.8, 4) is 0 Å². The van der Waals surface area contributed by atoms with Gasteiger partial charge in [0.2, 0.25) is 0 Å². The first-order chi connectivity index (χ1) is 7.86. The zero-order valence-corrected chi connectivity index (χ0v) is 9.20. The molecule has 0 fully saturated rings. The van der Waals surface area contributed by atoms with Crippen LogP contribution in [0.25, 0.3) is 0 Å². The van der Waals surface area contributed by atoms with Gasteiger partial charge in [-0.2, -0.15) is 0 Å². The van der Waals surface area contributed by atoms with Crippen LogP contribution in [0.4, 0.5) is 0 Å². The largest absolute Gasteiger partial charge is 0.348 e. The summed E-state index contributed by atoms with van der Waals surface area (Å²) in [5.41, 5.74) is 4.85. The van der Waals surface area contributed by atoms with Crippen LogP contribution in [0.5, 0.6) is 0 Å². The lowest BCUT2D eigenvalue weighted by Gasteiger charge is -2.24. The Hall–Kier alpha value is -1.68. The fourth-order valence-corrected chi connectivity index (χ4v) is 2.28. The van der Waals surface area contributed by atoms with Crippen molar-refractivity contribution in [2.24, 2.45) is 0 Å². The number of pyridine rings is 1.